The summed E-state index contributed by atoms with van der Waals surface area (Å²) < 4.78 is 7.64. The van der Waals surface area contributed by atoms with Crippen molar-refractivity contribution in [3.63, 3.8) is 0 Å². The van der Waals surface area contributed by atoms with Gasteiger partial charge in [-0.05, 0) is 44.4 Å². The second kappa shape index (κ2) is 6.20. The third-order valence-electron chi connectivity index (χ3n) is 5.52. The smallest absolute Gasteiger partial charge is 0.293 e. The molecule has 2 atom stereocenters. The minimum absolute atomic E-state index is 0.0318. The van der Waals surface area contributed by atoms with Crippen LogP contribution in [0.2, 0.25) is 0 Å². The summed E-state index contributed by atoms with van der Waals surface area (Å²) in [6.07, 6.45) is 8.95. The third kappa shape index (κ3) is 2.92. The quantitative estimate of drug-likeness (QED) is 0.882. The van der Waals surface area contributed by atoms with E-state index in [0.717, 1.165) is 51.6 Å². The highest BCUT2D eigenvalue weighted by atomic mass is 16.5. The first-order valence-corrected chi connectivity index (χ1v) is 8.90. The van der Waals surface area contributed by atoms with Crippen molar-refractivity contribution >= 4 is 11.7 Å². The number of anilines is 1. The number of carbonyl (C=O) groups is 1. The SMILES string of the molecule is NC(=O)[C@H]1CC[C@@H](C2CCN(c3nccn(C4CC4)c3=O)CC2)O1. The van der Waals surface area contributed by atoms with Crippen LogP contribution in [0.1, 0.15) is 44.6 Å². The molecule has 0 bridgehead atoms. The number of piperidine rings is 1. The normalized spacial score (nSPS) is 28.2. The fourth-order valence-corrected chi connectivity index (χ4v) is 3.97. The van der Waals surface area contributed by atoms with Gasteiger partial charge in [-0.2, -0.15) is 0 Å². The molecule has 4 rings (SSSR count). The first kappa shape index (κ1) is 15.6. The van der Waals surface area contributed by atoms with Gasteiger partial charge >= 0.3 is 0 Å². The Bertz CT molecular complexity index is 677. The van der Waals surface area contributed by atoms with Gasteiger partial charge in [-0.1, -0.05) is 0 Å². The molecule has 3 fully saturated rings. The average molecular weight is 332 g/mol. The molecule has 1 aromatic heterocycles. The maximum atomic E-state index is 12.6. The van der Waals surface area contributed by atoms with Crippen LogP contribution >= 0.6 is 0 Å². The zero-order valence-electron chi connectivity index (χ0n) is 13.8. The number of primary amides is 1. The van der Waals surface area contributed by atoms with E-state index in [2.05, 4.69) is 9.88 Å². The van der Waals surface area contributed by atoms with Gasteiger partial charge in [0.2, 0.25) is 5.91 Å². The van der Waals surface area contributed by atoms with Gasteiger partial charge in [0.1, 0.15) is 6.10 Å². The Hall–Kier alpha value is -1.89. The third-order valence-corrected chi connectivity index (χ3v) is 5.52. The molecule has 3 heterocycles. The van der Waals surface area contributed by atoms with Crippen LogP contribution in [0.4, 0.5) is 5.82 Å². The van der Waals surface area contributed by atoms with E-state index < -0.39 is 6.10 Å². The van der Waals surface area contributed by atoms with E-state index in [9.17, 15) is 9.59 Å². The molecule has 130 valence electrons. The van der Waals surface area contributed by atoms with E-state index in [-0.39, 0.29) is 17.6 Å². The lowest BCUT2D eigenvalue weighted by atomic mass is 9.90. The summed E-state index contributed by atoms with van der Waals surface area (Å²) in [5.41, 5.74) is 5.36. The maximum absolute atomic E-state index is 12.6. The van der Waals surface area contributed by atoms with Crippen molar-refractivity contribution in [3.8, 4) is 0 Å². The van der Waals surface area contributed by atoms with Crippen molar-refractivity contribution in [2.24, 2.45) is 11.7 Å². The fraction of sp³-hybridized carbons (Fsp3) is 0.706. The number of ether oxygens (including phenoxy) is 1. The van der Waals surface area contributed by atoms with Gasteiger partial charge in [-0.15, -0.1) is 0 Å². The van der Waals surface area contributed by atoms with E-state index in [4.69, 9.17) is 10.5 Å². The Morgan fingerprint density at radius 2 is 1.92 bits per heavy atom. The van der Waals surface area contributed by atoms with E-state index in [0.29, 0.717) is 17.8 Å². The summed E-state index contributed by atoms with van der Waals surface area (Å²) in [4.78, 5) is 30.3. The molecule has 0 radical (unpaired) electrons. The van der Waals surface area contributed by atoms with Crippen LogP contribution in [0, 0.1) is 5.92 Å². The molecule has 1 amide bonds. The fourth-order valence-electron chi connectivity index (χ4n) is 3.97. The Morgan fingerprint density at radius 1 is 1.17 bits per heavy atom. The highest BCUT2D eigenvalue weighted by molar-refractivity contribution is 5.79. The molecule has 1 aromatic rings. The van der Waals surface area contributed by atoms with Crippen LogP contribution in [-0.4, -0.2) is 40.8 Å². The number of nitrogens with zero attached hydrogens (tertiary/aromatic N) is 3. The highest BCUT2D eigenvalue weighted by Gasteiger charge is 2.36. The Balaban J connectivity index is 1.39. The molecule has 24 heavy (non-hydrogen) atoms. The van der Waals surface area contributed by atoms with E-state index in [1.165, 1.54) is 0 Å². The van der Waals surface area contributed by atoms with Crippen LogP contribution in [-0.2, 0) is 9.53 Å². The number of hydrogen-bond acceptors (Lipinski definition) is 5. The summed E-state index contributed by atoms with van der Waals surface area (Å²) >= 11 is 0. The molecule has 0 unspecified atom stereocenters. The lowest BCUT2D eigenvalue weighted by Gasteiger charge is -2.35. The predicted octanol–water partition coefficient (Wildman–Crippen LogP) is 0.827. The van der Waals surface area contributed by atoms with Gasteiger partial charge in [0, 0.05) is 31.5 Å². The molecule has 0 spiro atoms. The van der Waals surface area contributed by atoms with Crippen molar-refractivity contribution < 1.29 is 9.53 Å². The minimum Gasteiger partial charge on any atom is -0.367 e. The minimum atomic E-state index is -0.422. The van der Waals surface area contributed by atoms with Gasteiger partial charge in [0.15, 0.2) is 5.82 Å². The lowest BCUT2D eigenvalue weighted by Crippen LogP contribution is -2.42. The number of carbonyl (C=O) groups excluding carboxylic acids is 1. The van der Waals surface area contributed by atoms with Crippen molar-refractivity contribution in [1.29, 1.82) is 0 Å². The Kier molecular flexibility index (Phi) is 4.04. The summed E-state index contributed by atoms with van der Waals surface area (Å²) in [6.45, 7) is 1.62. The predicted molar refractivity (Wildman–Crippen MR) is 88.8 cm³/mol. The molecule has 2 N–H and O–H groups in total. The van der Waals surface area contributed by atoms with Crippen LogP contribution in [0.15, 0.2) is 17.2 Å². The zero-order chi connectivity index (χ0) is 16.7. The zero-order valence-corrected chi connectivity index (χ0v) is 13.8. The molecule has 2 saturated heterocycles. The molecular weight excluding hydrogens is 308 g/mol. The topological polar surface area (TPSA) is 90.5 Å². The standard InChI is InChI=1S/C17H24N4O3/c18-15(22)14-4-3-13(24-14)11-5-8-20(9-6-11)16-17(23)21(10-7-19-16)12-1-2-12/h7,10-14H,1-6,8-9H2,(H2,18,22)/t13-,14+/m0/s1. The van der Waals surface area contributed by atoms with Gasteiger partial charge < -0.3 is 19.9 Å². The van der Waals surface area contributed by atoms with Crippen LogP contribution in [0.25, 0.3) is 0 Å². The first-order chi connectivity index (χ1) is 11.6. The van der Waals surface area contributed by atoms with Gasteiger partial charge in [-0.3, -0.25) is 9.59 Å². The molecule has 0 aromatic carbocycles. The van der Waals surface area contributed by atoms with Gasteiger partial charge in [0.25, 0.3) is 5.56 Å². The molecule has 3 aliphatic rings. The number of rotatable bonds is 4. The monoisotopic (exact) mass is 332 g/mol. The Labute approximate surface area is 140 Å². The Morgan fingerprint density at radius 3 is 2.54 bits per heavy atom. The lowest BCUT2D eigenvalue weighted by molar-refractivity contribution is -0.130. The molecule has 1 aliphatic carbocycles. The largest absolute Gasteiger partial charge is 0.367 e. The molecular formula is C17H24N4O3. The second-order valence-corrected chi connectivity index (χ2v) is 7.16. The van der Waals surface area contributed by atoms with Crippen molar-refractivity contribution in [2.45, 2.75) is 56.8 Å². The summed E-state index contributed by atoms with van der Waals surface area (Å²) in [7, 11) is 0. The van der Waals surface area contributed by atoms with Crippen molar-refractivity contribution in [3.05, 3.63) is 22.7 Å². The summed E-state index contributed by atoms with van der Waals surface area (Å²) in [5.74, 6) is 0.647. The van der Waals surface area contributed by atoms with Crippen molar-refractivity contribution in [2.75, 3.05) is 18.0 Å². The van der Waals surface area contributed by atoms with Crippen molar-refractivity contribution in [1.82, 2.24) is 9.55 Å². The molecule has 1 saturated carbocycles. The van der Waals surface area contributed by atoms with Crippen LogP contribution in [0.3, 0.4) is 0 Å². The molecule has 2 aliphatic heterocycles. The summed E-state index contributed by atoms with van der Waals surface area (Å²) in [6, 6.07) is 0.370. The van der Waals surface area contributed by atoms with Crippen LogP contribution in [0.5, 0.6) is 0 Å². The number of nitrogens with two attached hydrogens (primary N) is 1. The molecule has 7 nitrogen and oxygen atoms in total. The number of amides is 1. The highest BCUT2D eigenvalue weighted by Crippen LogP contribution is 2.34. The summed E-state index contributed by atoms with van der Waals surface area (Å²) in [5, 5.41) is 0. The van der Waals surface area contributed by atoms with E-state index in [1.54, 1.807) is 12.4 Å². The van der Waals surface area contributed by atoms with Gasteiger partial charge in [-0.25, -0.2) is 4.98 Å². The maximum Gasteiger partial charge on any atom is 0.293 e. The number of hydrogen-bond donors (Lipinski definition) is 1. The number of aromatic nitrogens is 2. The van der Waals surface area contributed by atoms with Crippen LogP contribution < -0.4 is 16.2 Å². The second-order valence-electron chi connectivity index (χ2n) is 7.16. The first-order valence-electron chi connectivity index (χ1n) is 8.90. The van der Waals surface area contributed by atoms with Gasteiger partial charge in [0.05, 0.1) is 6.10 Å². The molecule has 7 heteroatoms. The van der Waals surface area contributed by atoms with E-state index in [1.807, 2.05) is 4.57 Å². The van der Waals surface area contributed by atoms with E-state index >= 15 is 0 Å². The average Bonchev–Trinajstić information content (AvgIpc) is 3.30.